The number of nitrogens with zero attached hydrogens (tertiary/aromatic N) is 4. The maximum absolute atomic E-state index is 5.64. The second-order valence-corrected chi connectivity index (χ2v) is 7.60. The van der Waals surface area contributed by atoms with E-state index in [0.717, 1.165) is 11.3 Å². The summed E-state index contributed by atoms with van der Waals surface area (Å²) in [7, 11) is 0. The minimum absolute atomic E-state index is 0.0346. The topological polar surface area (TPSA) is 64.9 Å². The Morgan fingerprint density at radius 3 is 2.50 bits per heavy atom. The normalized spacial score (nSPS) is 13.2. The third-order valence-electron chi connectivity index (χ3n) is 3.63. The zero-order valence-corrected chi connectivity index (χ0v) is 15.8. The third-order valence-corrected chi connectivity index (χ3v) is 3.63. The molecule has 1 N–H and O–H groups in total. The number of hydrogen-bond acceptors (Lipinski definition) is 5. The molecule has 0 spiro atoms. The molecule has 2 heterocycles. The Morgan fingerprint density at radius 2 is 1.92 bits per heavy atom. The third kappa shape index (κ3) is 4.69. The molecule has 6 nitrogen and oxygen atoms in total. The van der Waals surface area contributed by atoms with E-state index in [4.69, 9.17) is 4.74 Å². The molecule has 24 heavy (non-hydrogen) atoms. The van der Waals surface area contributed by atoms with Crippen LogP contribution in [0, 0.1) is 12.8 Å². The van der Waals surface area contributed by atoms with E-state index in [0.29, 0.717) is 24.2 Å². The van der Waals surface area contributed by atoms with Crippen LogP contribution < -0.4 is 10.1 Å². The molecule has 0 radical (unpaired) electrons. The first-order valence-corrected chi connectivity index (χ1v) is 8.45. The average Bonchev–Trinajstić information content (AvgIpc) is 2.88. The Morgan fingerprint density at radius 1 is 1.21 bits per heavy atom. The van der Waals surface area contributed by atoms with Crippen LogP contribution in [-0.2, 0) is 5.54 Å². The first-order valence-electron chi connectivity index (χ1n) is 8.45. The van der Waals surface area contributed by atoms with Crippen LogP contribution in [0.3, 0.4) is 0 Å². The number of nitrogens with one attached hydrogen (secondary N) is 1. The average molecular weight is 331 g/mol. The van der Waals surface area contributed by atoms with Crippen molar-refractivity contribution in [2.24, 2.45) is 5.92 Å². The highest BCUT2D eigenvalue weighted by molar-refractivity contribution is 5.38. The van der Waals surface area contributed by atoms with Gasteiger partial charge in [0, 0.05) is 11.8 Å². The van der Waals surface area contributed by atoms with E-state index >= 15 is 0 Å². The Labute approximate surface area is 144 Å². The molecule has 2 rings (SSSR count). The van der Waals surface area contributed by atoms with E-state index in [1.165, 1.54) is 0 Å². The second-order valence-electron chi connectivity index (χ2n) is 7.60. The van der Waals surface area contributed by atoms with E-state index < -0.39 is 0 Å². The lowest BCUT2D eigenvalue weighted by Crippen LogP contribution is -2.22. The summed E-state index contributed by atoms with van der Waals surface area (Å²) in [5, 5.41) is 8.01. The lowest BCUT2D eigenvalue weighted by Gasteiger charge is -2.19. The van der Waals surface area contributed by atoms with Gasteiger partial charge in [0.2, 0.25) is 5.88 Å². The van der Waals surface area contributed by atoms with E-state index in [1.54, 1.807) is 12.4 Å². The fourth-order valence-corrected chi connectivity index (χ4v) is 2.28. The molecular weight excluding hydrogens is 302 g/mol. The highest BCUT2D eigenvalue weighted by atomic mass is 16.5. The number of hydrogen-bond donors (Lipinski definition) is 1. The highest BCUT2D eigenvalue weighted by Crippen LogP contribution is 2.24. The lowest BCUT2D eigenvalue weighted by atomic mass is 10.1. The largest absolute Gasteiger partial charge is 0.476 e. The molecule has 2 aromatic heterocycles. The summed E-state index contributed by atoms with van der Waals surface area (Å²) >= 11 is 0. The molecule has 1 atom stereocenters. The lowest BCUT2D eigenvalue weighted by molar-refractivity contribution is 0.260. The zero-order chi connectivity index (χ0) is 17.9. The molecule has 0 aliphatic rings. The second kappa shape index (κ2) is 7.20. The molecule has 1 unspecified atom stereocenters. The van der Waals surface area contributed by atoms with E-state index in [1.807, 2.05) is 11.6 Å². The minimum Gasteiger partial charge on any atom is -0.476 e. The summed E-state index contributed by atoms with van der Waals surface area (Å²) in [5.74, 6) is 1.70. The smallest absolute Gasteiger partial charge is 0.234 e. The molecule has 0 saturated heterocycles. The quantitative estimate of drug-likeness (QED) is 0.868. The van der Waals surface area contributed by atoms with Crippen LogP contribution in [0.1, 0.15) is 58.8 Å². The Kier molecular flexibility index (Phi) is 5.47. The summed E-state index contributed by atoms with van der Waals surface area (Å²) in [4.78, 5) is 8.68. The number of aryl methyl sites for hydroxylation is 1. The van der Waals surface area contributed by atoms with Crippen molar-refractivity contribution < 1.29 is 4.74 Å². The maximum Gasteiger partial charge on any atom is 0.234 e. The predicted octanol–water partition coefficient (Wildman–Crippen LogP) is 3.94. The van der Waals surface area contributed by atoms with Gasteiger partial charge in [-0.1, -0.05) is 13.8 Å². The minimum atomic E-state index is -0.0346. The van der Waals surface area contributed by atoms with Crippen molar-refractivity contribution >= 4 is 5.82 Å². The van der Waals surface area contributed by atoms with Gasteiger partial charge in [-0.3, -0.25) is 9.67 Å². The molecule has 0 bridgehead atoms. The monoisotopic (exact) mass is 331 g/mol. The van der Waals surface area contributed by atoms with Crippen LogP contribution in [0.5, 0.6) is 5.88 Å². The van der Waals surface area contributed by atoms with Crippen molar-refractivity contribution in [1.82, 2.24) is 19.7 Å². The van der Waals surface area contributed by atoms with E-state index in [2.05, 4.69) is 68.1 Å². The van der Waals surface area contributed by atoms with E-state index in [9.17, 15) is 0 Å². The van der Waals surface area contributed by atoms with Crippen molar-refractivity contribution in [3.05, 3.63) is 29.8 Å². The molecule has 6 heteroatoms. The number of anilines is 1. The standard InChI is InChI=1S/C18H29N5O/c1-12(2)11-24-17-9-19-8-16(21-17)20-13(3)15-10-23(18(5,6)7)22-14(15)4/h8-10,12-13H,11H2,1-7H3,(H,20,21). The van der Waals surface area contributed by atoms with Gasteiger partial charge in [-0.05, 0) is 40.5 Å². The van der Waals surface area contributed by atoms with Gasteiger partial charge < -0.3 is 10.1 Å². The number of ether oxygens (including phenoxy) is 1. The molecule has 0 saturated carbocycles. The fourth-order valence-electron chi connectivity index (χ4n) is 2.28. The molecule has 2 aromatic rings. The molecule has 0 aromatic carbocycles. The van der Waals surface area contributed by atoms with Crippen LogP contribution in [-0.4, -0.2) is 26.4 Å². The molecule has 132 valence electrons. The van der Waals surface area contributed by atoms with Crippen molar-refractivity contribution in [1.29, 1.82) is 0 Å². The summed E-state index contributed by atoms with van der Waals surface area (Å²) in [5.41, 5.74) is 2.14. The summed E-state index contributed by atoms with van der Waals surface area (Å²) in [6, 6.07) is 0.0794. The van der Waals surface area contributed by atoms with Crippen LogP contribution in [0.25, 0.3) is 0 Å². The van der Waals surface area contributed by atoms with Gasteiger partial charge in [-0.15, -0.1) is 0 Å². The zero-order valence-electron chi connectivity index (χ0n) is 15.8. The van der Waals surface area contributed by atoms with Crippen LogP contribution >= 0.6 is 0 Å². The summed E-state index contributed by atoms with van der Waals surface area (Å²) < 4.78 is 7.64. The fraction of sp³-hybridized carbons (Fsp3) is 0.611. The van der Waals surface area contributed by atoms with Gasteiger partial charge in [0.1, 0.15) is 5.82 Å². The van der Waals surface area contributed by atoms with Crippen LogP contribution in [0.15, 0.2) is 18.6 Å². The maximum atomic E-state index is 5.64. The van der Waals surface area contributed by atoms with E-state index in [-0.39, 0.29) is 11.6 Å². The predicted molar refractivity (Wildman–Crippen MR) is 96.4 cm³/mol. The van der Waals surface area contributed by atoms with Gasteiger partial charge in [0.25, 0.3) is 0 Å². The van der Waals surface area contributed by atoms with Gasteiger partial charge in [0.05, 0.1) is 36.3 Å². The molecule has 0 aliphatic heterocycles. The van der Waals surface area contributed by atoms with Crippen molar-refractivity contribution in [2.75, 3.05) is 11.9 Å². The molecule has 0 amide bonds. The van der Waals surface area contributed by atoms with Gasteiger partial charge in [-0.25, -0.2) is 0 Å². The Hall–Kier alpha value is -2.11. The summed E-state index contributed by atoms with van der Waals surface area (Å²) in [6.45, 7) is 15.4. The van der Waals surface area contributed by atoms with Crippen LogP contribution in [0.4, 0.5) is 5.82 Å². The SMILES string of the molecule is Cc1nn(C(C)(C)C)cc1C(C)Nc1cncc(OCC(C)C)n1. The van der Waals surface area contributed by atoms with Gasteiger partial charge >= 0.3 is 0 Å². The Bertz CT molecular complexity index is 672. The molecular formula is C18H29N5O. The molecule has 0 fully saturated rings. The first-order chi connectivity index (χ1) is 11.2. The molecule has 0 aliphatic carbocycles. The first kappa shape index (κ1) is 18.2. The van der Waals surface area contributed by atoms with Gasteiger partial charge in [0.15, 0.2) is 0 Å². The summed E-state index contributed by atoms with van der Waals surface area (Å²) in [6.07, 6.45) is 5.45. The van der Waals surface area contributed by atoms with Gasteiger partial charge in [-0.2, -0.15) is 10.1 Å². The van der Waals surface area contributed by atoms with Crippen LogP contribution in [0.2, 0.25) is 0 Å². The number of aromatic nitrogens is 4. The highest BCUT2D eigenvalue weighted by Gasteiger charge is 2.19. The van der Waals surface area contributed by atoms with Crippen molar-refractivity contribution in [2.45, 2.75) is 60.0 Å². The Balaban J connectivity index is 2.11. The van der Waals surface area contributed by atoms with Crippen molar-refractivity contribution in [3.63, 3.8) is 0 Å². The number of rotatable bonds is 6. The van der Waals surface area contributed by atoms with Crippen molar-refractivity contribution in [3.8, 4) is 5.88 Å².